The van der Waals surface area contributed by atoms with Crippen molar-refractivity contribution in [2.45, 2.75) is 51.4 Å². The molecule has 2 atom stereocenters. The molecule has 0 radical (unpaired) electrons. The maximum Gasteiger partial charge on any atom is 0.220 e. The average molecular weight is 524 g/mol. The number of hydrogen-bond acceptors (Lipinski definition) is 6. The van der Waals surface area contributed by atoms with Crippen molar-refractivity contribution in [2.75, 3.05) is 26.8 Å². The summed E-state index contributed by atoms with van der Waals surface area (Å²) >= 11 is 6.78. The Morgan fingerprint density at radius 3 is 2.70 bits per heavy atom. The molecule has 3 aromatic rings. The predicted octanol–water partition coefficient (Wildman–Crippen LogP) is 3.76. The standard InChI is InChI=1S/C28H34ClN5O3/c1-18-9-11-34(26(18)17-31-16-22-10-12-37-22)21-5-6-23(24(29)13-21)25-7-3-19(28(33-25)36-2)14-30-15-20-4-8-27(35)32-20/h3,5-7,9,11,13,20,22,30-31H,4,8,10,12,14-17H2,1-2H3,(H,32,35)/t20-,22-/m0/s1. The Labute approximate surface area is 222 Å². The molecule has 37 heavy (non-hydrogen) atoms. The lowest BCUT2D eigenvalue weighted by atomic mass is 10.1. The van der Waals surface area contributed by atoms with E-state index >= 15 is 0 Å². The molecule has 8 nitrogen and oxygen atoms in total. The fourth-order valence-corrected chi connectivity index (χ4v) is 5.10. The van der Waals surface area contributed by atoms with Crippen molar-refractivity contribution < 1.29 is 14.3 Å². The van der Waals surface area contributed by atoms with E-state index in [4.69, 9.17) is 26.1 Å². The summed E-state index contributed by atoms with van der Waals surface area (Å²) in [4.78, 5) is 16.1. The molecule has 0 unspecified atom stereocenters. The van der Waals surface area contributed by atoms with Gasteiger partial charge >= 0.3 is 0 Å². The number of aromatic nitrogens is 2. The second-order valence-electron chi connectivity index (χ2n) is 9.69. The number of carbonyl (C=O) groups is 1. The first-order valence-corrected chi connectivity index (χ1v) is 13.2. The fourth-order valence-electron chi connectivity index (χ4n) is 4.83. The monoisotopic (exact) mass is 523 g/mol. The van der Waals surface area contributed by atoms with Crippen LogP contribution >= 0.6 is 11.6 Å². The van der Waals surface area contributed by atoms with Crippen LogP contribution in [0.4, 0.5) is 0 Å². The summed E-state index contributed by atoms with van der Waals surface area (Å²) in [6, 6.07) is 12.3. The van der Waals surface area contributed by atoms with Crippen LogP contribution < -0.4 is 20.7 Å². The molecule has 2 aliphatic heterocycles. The fraction of sp³-hybridized carbons (Fsp3) is 0.429. The van der Waals surface area contributed by atoms with Crippen molar-refractivity contribution in [2.24, 2.45) is 0 Å². The van der Waals surface area contributed by atoms with Crippen LogP contribution in [0.1, 0.15) is 36.1 Å². The number of aryl methyl sites for hydroxylation is 1. The molecular formula is C28H34ClN5O3. The molecule has 2 aliphatic rings. The van der Waals surface area contributed by atoms with Crippen LogP contribution in [0.25, 0.3) is 16.9 Å². The molecule has 4 heterocycles. The lowest BCUT2D eigenvalue weighted by Crippen LogP contribution is -2.37. The van der Waals surface area contributed by atoms with Crippen molar-refractivity contribution in [3.05, 3.63) is 64.4 Å². The number of pyridine rings is 1. The van der Waals surface area contributed by atoms with Gasteiger partial charge in [0.25, 0.3) is 0 Å². The average Bonchev–Trinajstić information content (AvgIpc) is 3.45. The van der Waals surface area contributed by atoms with E-state index in [1.165, 1.54) is 11.3 Å². The molecular weight excluding hydrogens is 490 g/mol. The summed E-state index contributed by atoms with van der Waals surface area (Å²) in [5.74, 6) is 0.683. The van der Waals surface area contributed by atoms with Crippen molar-refractivity contribution >= 4 is 17.5 Å². The highest BCUT2D eigenvalue weighted by atomic mass is 35.5. The topological polar surface area (TPSA) is 89.4 Å². The first-order chi connectivity index (χ1) is 18.0. The first kappa shape index (κ1) is 25.7. The molecule has 3 N–H and O–H groups in total. The lowest BCUT2D eigenvalue weighted by molar-refractivity contribution is -0.119. The van der Waals surface area contributed by atoms with Gasteiger partial charge in [-0.2, -0.15) is 0 Å². The summed E-state index contributed by atoms with van der Waals surface area (Å²) in [6.45, 7) is 5.94. The Morgan fingerprint density at radius 2 is 2.00 bits per heavy atom. The molecule has 2 saturated heterocycles. The van der Waals surface area contributed by atoms with Gasteiger partial charge in [0, 0.05) is 74.0 Å². The highest BCUT2D eigenvalue weighted by Gasteiger charge is 2.21. The Bertz CT molecular complexity index is 1260. The van der Waals surface area contributed by atoms with Gasteiger partial charge in [0.1, 0.15) is 0 Å². The van der Waals surface area contributed by atoms with Gasteiger partial charge in [-0.05, 0) is 55.7 Å². The van der Waals surface area contributed by atoms with Gasteiger partial charge < -0.3 is 30.0 Å². The number of halogens is 1. The van der Waals surface area contributed by atoms with E-state index in [-0.39, 0.29) is 11.9 Å². The summed E-state index contributed by atoms with van der Waals surface area (Å²) in [6.07, 6.45) is 5.01. The van der Waals surface area contributed by atoms with Gasteiger partial charge in [0.15, 0.2) is 0 Å². The molecule has 2 fully saturated rings. The molecule has 0 spiro atoms. The highest BCUT2D eigenvalue weighted by molar-refractivity contribution is 6.33. The first-order valence-electron chi connectivity index (χ1n) is 12.8. The molecule has 0 aliphatic carbocycles. The maximum atomic E-state index is 11.4. The van der Waals surface area contributed by atoms with Gasteiger partial charge in [0.2, 0.25) is 11.8 Å². The minimum absolute atomic E-state index is 0.122. The molecule has 5 rings (SSSR count). The van der Waals surface area contributed by atoms with E-state index in [9.17, 15) is 4.79 Å². The number of benzene rings is 1. The molecule has 1 aromatic carbocycles. The predicted molar refractivity (Wildman–Crippen MR) is 144 cm³/mol. The number of hydrogen-bond donors (Lipinski definition) is 3. The quantitative estimate of drug-likeness (QED) is 0.355. The third-order valence-electron chi connectivity index (χ3n) is 7.11. The SMILES string of the molecule is COc1nc(-c2ccc(-n3ccc(C)c3CNC[C@@H]3CCO3)cc2Cl)ccc1CNC[C@@H]1CCC(=O)N1. The van der Waals surface area contributed by atoms with Gasteiger partial charge in [0.05, 0.1) is 23.9 Å². The second kappa shape index (κ2) is 11.6. The Kier molecular flexibility index (Phi) is 8.10. The van der Waals surface area contributed by atoms with Crippen LogP contribution in [0.3, 0.4) is 0 Å². The number of methoxy groups -OCH3 is 1. The highest BCUT2D eigenvalue weighted by Crippen LogP contribution is 2.31. The largest absolute Gasteiger partial charge is 0.481 e. The number of ether oxygens (including phenoxy) is 2. The van der Waals surface area contributed by atoms with Crippen LogP contribution in [0.5, 0.6) is 5.88 Å². The van der Waals surface area contributed by atoms with Gasteiger partial charge in [-0.25, -0.2) is 4.98 Å². The zero-order chi connectivity index (χ0) is 25.8. The summed E-state index contributed by atoms with van der Waals surface area (Å²) in [5.41, 5.74) is 6.00. The van der Waals surface area contributed by atoms with Crippen molar-refractivity contribution in [3.8, 4) is 22.8 Å². The maximum absolute atomic E-state index is 11.4. The minimum atomic E-state index is 0.122. The Morgan fingerprint density at radius 1 is 1.16 bits per heavy atom. The van der Waals surface area contributed by atoms with Gasteiger partial charge in [-0.3, -0.25) is 4.79 Å². The van der Waals surface area contributed by atoms with E-state index in [1.807, 2.05) is 24.3 Å². The molecule has 0 bridgehead atoms. The van der Waals surface area contributed by atoms with E-state index in [0.29, 0.717) is 36.5 Å². The Hall–Kier alpha value is -2.91. The van der Waals surface area contributed by atoms with E-state index in [0.717, 1.165) is 55.0 Å². The summed E-state index contributed by atoms with van der Waals surface area (Å²) in [7, 11) is 1.62. The third-order valence-corrected chi connectivity index (χ3v) is 7.42. The number of amides is 1. The zero-order valence-electron chi connectivity index (χ0n) is 21.4. The Balaban J connectivity index is 1.27. The molecule has 1 amide bonds. The molecule has 2 aromatic heterocycles. The summed E-state index contributed by atoms with van der Waals surface area (Å²) in [5, 5.41) is 10.5. The van der Waals surface area contributed by atoms with Crippen molar-refractivity contribution in [1.82, 2.24) is 25.5 Å². The zero-order valence-corrected chi connectivity index (χ0v) is 22.1. The molecule has 196 valence electrons. The minimum Gasteiger partial charge on any atom is -0.481 e. The van der Waals surface area contributed by atoms with Crippen LogP contribution in [-0.4, -0.2) is 54.4 Å². The van der Waals surface area contributed by atoms with Crippen molar-refractivity contribution in [3.63, 3.8) is 0 Å². The normalized spacial score (nSPS) is 19.1. The van der Waals surface area contributed by atoms with Crippen LogP contribution in [0, 0.1) is 6.92 Å². The van der Waals surface area contributed by atoms with E-state index in [1.54, 1.807) is 7.11 Å². The lowest BCUT2D eigenvalue weighted by Gasteiger charge is -2.26. The number of rotatable bonds is 11. The smallest absolute Gasteiger partial charge is 0.220 e. The summed E-state index contributed by atoms with van der Waals surface area (Å²) < 4.78 is 13.3. The third kappa shape index (κ3) is 5.99. The molecule has 9 heteroatoms. The van der Waals surface area contributed by atoms with E-state index in [2.05, 4.69) is 45.8 Å². The van der Waals surface area contributed by atoms with Crippen molar-refractivity contribution in [1.29, 1.82) is 0 Å². The second-order valence-corrected chi connectivity index (χ2v) is 10.1. The van der Waals surface area contributed by atoms with Gasteiger partial charge in [-0.15, -0.1) is 0 Å². The van der Waals surface area contributed by atoms with Gasteiger partial charge in [-0.1, -0.05) is 17.7 Å². The number of nitrogens with zero attached hydrogens (tertiary/aromatic N) is 2. The van der Waals surface area contributed by atoms with Crippen LogP contribution in [-0.2, 0) is 22.6 Å². The molecule has 0 saturated carbocycles. The van der Waals surface area contributed by atoms with Crippen LogP contribution in [0.2, 0.25) is 5.02 Å². The number of nitrogens with one attached hydrogen (secondary N) is 3. The van der Waals surface area contributed by atoms with E-state index < -0.39 is 0 Å². The number of carbonyl (C=O) groups excluding carboxylic acids is 1. The van der Waals surface area contributed by atoms with Crippen LogP contribution in [0.15, 0.2) is 42.6 Å².